The van der Waals surface area contributed by atoms with Gasteiger partial charge in [-0.05, 0) is 31.1 Å². The van der Waals surface area contributed by atoms with Gasteiger partial charge in [0.2, 0.25) is 5.91 Å². The fourth-order valence-electron chi connectivity index (χ4n) is 5.65. The van der Waals surface area contributed by atoms with E-state index in [1.165, 1.54) is 12.8 Å². The van der Waals surface area contributed by atoms with Crippen LogP contribution >= 0.6 is 0 Å². The summed E-state index contributed by atoms with van der Waals surface area (Å²) in [6.07, 6.45) is 8.44. The lowest BCUT2D eigenvalue weighted by atomic mass is 9.67. The fraction of sp³-hybridized carbons (Fsp3) is 0.667. The van der Waals surface area contributed by atoms with Gasteiger partial charge in [-0.1, -0.05) is 39.5 Å². The van der Waals surface area contributed by atoms with Crippen molar-refractivity contribution >= 4 is 5.91 Å². The van der Waals surface area contributed by atoms with E-state index in [9.17, 15) is 15.3 Å². The lowest BCUT2D eigenvalue weighted by Gasteiger charge is -2.37. The largest absolute Gasteiger partial charge is 0.353 e. The summed E-state index contributed by atoms with van der Waals surface area (Å²) in [6, 6.07) is 4.18. The van der Waals surface area contributed by atoms with E-state index in [1.807, 2.05) is 12.1 Å². The van der Waals surface area contributed by atoms with Crippen LogP contribution in [0.4, 0.5) is 0 Å². The van der Waals surface area contributed by atoms with Crippen LogP contribution in [-0.2, 0) is 10.2 Å². The predicted octanol–water partition coefficient (Wildman–Crippen LogP) is 3.21. The van der Waals surface area contributed by atoms with Gasteiger partial charge in [0.25, 0.3) is 0 Å². The van der Waals surface area contributed by atoms with E-state index < -0.39 is 5.41 Å². The normalized spacial score (nSPS) is 28.7. The minimum Gasteiger partial charge on any atom is -0.353 e. The summed E-state index contributed by atoms with van der Waals surface area (Å²) < 4.78 is 0. The van der Waals surface area contributed by atoms with Crippen molar-refractivity contribution in [2.45, 2.75) is 82.6 Å². The lowest BCUT2D eigenvalue weighted by Crippen LogP contribution is -2.52. The molecule has 0 unspecified atom stereocenters. The molecule has 0 spiro atoms. The van der Waals surface area contributed by atoms with E-state index in [-0.39, 0.29) is 34.7 Å². The molecule has 2 atom stereocenters. The van der Waals surface area contributed by atoms with Gasteiger partial charge in [-0.15, -0.1) is 0 Å². The molecule has 1 aromatic rings. The van der Waals surface area contributed by atoms with E-state index >= 15 is 0 Å². The highest BCUT2D eigenvalue weighted by molar-refractivity contribution is 5.91. The molecule has 0 saturated heterocycles. The molecule has 6 nitrogen and oxygen atoms in total. The summed E-state index contributed by atoms with van der Waals surface area (Å²) in [5, 5.41) is 22.0. The van der Waals surface area contributed by atoms with Crippen molar-refractivity contribution in [3.63, 3.8) is 0 Å². The van der Waals surface area contributed by atoms with Crippen molar-refractivity contribution < 1.29 is 4.79 Å². The number of hydrogen-bond donors (Lipinski definition) is 1. The van der Waals surface area contributed by atoms with Crippen molar-refractivity contribution in [2.24, 2.45) is 5.41 Å². The van der Waals surface area contributed by atoms with Gasteiger partial charge in [0, 0.05) is 12.0 Å². The number of rotatable bonds is 2. The Labute approximate surface area is 160 Å². The highest BCUT2D eigenvalue weighted by Gasteiger charge is 2.68. The standard InChI is InChI=1S/C21H25N5O/c1-20(2)14-9-10-21(20,19(27)24-13-7-5-3-4-6-8-13)18-17(14)25-15(11-22)16(12-23)26-18/h13-14H,3-10H2,1-2H3,(H,24,27)/t14-,21+/m0/s1. The molecule has 1 amide bonds. The molecule has 0 aliphatic heterocycles. The van der Waals surface area contributed by atoms with Crippen molar-refractivity contribution in [3.05, 3.63) is 22.8 Å². The summed E-state index contributed by atoms with van der Waals surface area (Å²) >= 11 is 0. The molecule has 2 saturated carbocycles. The Balaban J connectivity index is 1.76. The Morgan fingerprint density at radius 2 is 1.67 bits per heavy atom. The fourth-order valence-corrected chi connectivity index (χ4v) is 5.65. The third-order valence-electron chi connectivity index (χ3n) is 7.23. The summed E-state index contributed by atoms with van der Waals surface area (Å²) in [4.78, 5) is 22.6. The molecule has 1 aromatic heterocycles. The highest BCUT2D eigenvalue weighted by Crippen LogP contribution is 2.67. The average Bonchev–Trinajstić information content (AvgIpc) is 2.89. The predicted molar refractivity (Wildman–Crippen MR) is 98.5 cm³/mol. The summed E-state index contributed by atoms with van der Waals surface area (Å²) in [5.41, 5.74) is 0.389. The molecule has 3 aliphatic carbocycles. The molecule has 2 fully saturated rings. The summed E-state index contributed by atoms with van der Waals surface area (Å²) in [7, 11) is 0. The van der Waals surface area contributed by atoms with E-state index in [2.05, 4.69) is 29.1 Å². The zero-order valence-electron chi connectivity index (χ0n) is 16.0. The topological polar surface area (TPSA) is 102 Å². The molecule has 4 rings (SSSR count). The molecule has 0 radical (unpaired) electrons. The third-order valence-corrected chi connectivity index (χ3v) is 7.23. The van der Waals surface area contributed by atoms with Gasteiger partial charge >= 0.3 is 0 Å². The second kappa shape index (κ2) is 6.30. The first-order valence-electron chi connectivity index (χ1n) is 9.99. The van der Waals surface area contributed by atoms with Crippen LogP contribution in [0.25, 0.3) is 0 Å². The molecule has 27 heavy (non-hydrogen) atoms. The number of nitrogens with zero attached hydrogens (tertiary/aromatic N) is 4. The highest BCUT2D eigenvalue weighted by atomic mass is 16.2. The van der Waals surface area contributed by atoms with Crippen molar-refractivity contribution in [1.29, 1.82) is 10.5 Å². The first-order valence-corrected chi connectivity index (χ1v) is 9.99. The van der Waals surface area contributed by atoms with Gasteiger partial charge in [-0.3, -0.25) is 4.79 Å². The average molecular weight is 363 g/mol. The quantitative estimate of drug-likeness (QED) is 0.813. The van der Waals surface area contributed by atoms with Crippen LogP contribution in [-0.4, -0.2) is 21.9 Å². The van der Waals surface area contributed by atoms with Gasteiger partial charge in [0.1, 0.15) is 12.1 Å². The van der Waals surface area contributed by atoms with Crippen molar-refractivity contribution in [1.82, 2.24) is 15.3 Å². The maximum atomic E-state index is 13.6. The molecule has 1 N–H and O–H groups in total. The van der Waals surface area contributed by atoms with Gasteiger partial charge < -0.3 is 5.32 Å². The van der Waals surface area contributed by atoms with E-state index in [4.69, 9.17) is 0 Å². The maximum Gasteiger partial charge on any atom is 0.233 e. The summed E-state index contributed by atoms with van der Waals surface area (Å²) in [6.45, 7) is 4.22. The molecular weight excluding hydrogens is 338 g/mol. The lowest BCUT2D eigenvalue weighted by molar-refractivity contribution is -0.130. The Kier molecular flexibility index (Phi) is 4.18. The third kappa shape index (κ3) is 2.39. The second-order valence-electron chi connectivity index (χ2n) is 8.76. The number of amides is 1. The first-order chi connectivity index (χ1) is 13.0. The second-order valence-corrected chi connectivity index (χ2v) is 8.76. The Hall–Kier alpha value is -2.47. The van der Waals surface area contributed by atoms with Gasteiger partial charge in [-0.2, -0.15) is 10.5 Å². The molecule has 2 bridgehead atoms. The van der Waals surface area contributed by atoms with Crippen LogP contribution in [0, 0.1) is 28.1 Å². The first kappa shape index (κ1) is 17.9. The smallest absolute Gasteiger partial charge is 0.233 e. The van der Waals surface area contributed by atoms with E-state index in [0.717, 1.165) is 44.2 Å². The van der Waals surface area contributed by atoms with Crippen LogP contribution in [0.15, 0.2) is 0 Å². The van der Waals surface area contributed by atoms with Crippen LogP contribution in [0.3, 0.4) is 0 Å². The Bertz CT molecular complexity index is 870. The zero-order valence-corrected chi connectivity index (χ0v) is 16.0. The number of nitriles is 2. The van der Waals surface area contributed by atoms with E-state index in [1.54, 1.807) is 0 Å². The minimum absolute atomic E-state index is 0.0289. The zero-order chi connectivity index (χ0) is 19.2. The van der Waals surface area contributed by atoms with Crippen molar-refractivity contribution in [3.8, 4) is 12.1 Å². The minimum atomic E-state index is -0.758. The number of nitrogens with one attached hydrogen (secondary N) is 1. The number of carbonyl (C=O) groups excluding carboxylic acids is 1. The number of fused-ring (bicyclic) bond motifs is 5. The maximum absolute atomic E-state index is 13.6. The molecule has 140 valence electrons. The molecule has 0 aromatic carbocycles. The SMILES string of the molecule is CC1(C)[C@H]2CC[C@]1(C(=O)NC1CCCCCC1)c1nc(C#N)c(C#N)nc12. The van der Waals surface area contributed by atoms with Crippen LogP contribution in [0.5, 0.6) is 0 Å². The molecule has 1 heterocycles. The summed E-state index contributed by atoms with van der Waals surface area (Å²) in [5.74, 6) is 0.128. The van der Waals surface area contributed by atoms with Gasteiger partial charge in [0.15, 0.2) is 11.4 Å². The number of hydrogen-bond acceptors (Lipinski definition) is 5. The Morgan fingerprint density at radius 1 is 1.04 bits per heavy atom. The van der Waals surface area contributed by atoms with Crippen LogP contribution < -0.4 is 5.32 Å². The van der Waals surface area contributed by atoms with Gasteiger partial charge in [-0.25, -0.2) is 9.97 Å². The monoisotopic (exact) mass is 363 g/mol. The Morgan fingerprint density at radius 3 is 2.30 bits per heavy atom. The molecule has 3 aliphatic rings. The van der Waals surface area contributed by atoms with Gasteiger partial charge in [0.05, 0.1) is 16.8 Å². The van der Waals surface area contributed by atoms with E-state index in [0.29, 0.717) is 5.69 Å². The van der Waals surface area contributed by atoms with Crippen molar-refractivity contribution in [2.75, 3.05) is 0 Å². The molecular formula is C21H25N5O. The number of carbonyl (C=O) groups is 1. The molecule has 6 heteroatoms. The number of aromatic nitrogens is 2. The van der Waals surface area contributed by atoms with Crippen LogP contribution in [0.2, 0.25) is 0 Å². The van der Waals surface area contributed by atoms with Crippen LogP contribution in [0.1, 0.15) is 93.9 Å².